The Hall–Kier alpha value is -1.71. The number of aryl methyl sites for hydroxylation is 1. The lowest BCUT2D eigenvalue weighted by Crippen LogP contribution is -1.95. The summed E-state index contributed by atoms with van der Waals surface area (Å²) in [5.74, 6) is 0.790. The van der Waals surface area contributed by atoms with E-state index in [9.17, 15) is 0 Å². The van der Waals surface area contributed by atoms with Gasteiger partial charge in [-0.15, -0.1) is 0 Å². The zero-order valence-corrected chi connectivity index (χ0v) is 6.68. The van der Waals surface area contributed by atoms with E-state index >= 15 is 0 Å². The van der Waals surface area contributed by atoms with Crippen LogP contribution >= 0.6 is 0 Å². The minimum absolute atomic E-state index is 0.790. The van der Waals surface area contributed by atoms with Crippen LogP contribution in [-0.2, 0) is 0 Å². The summed E-state index contributed by atoms with van der Waals surface area (Å²) < 4.78 is 1.81. The van der Waals surface area contributed by atoms with E-state index in [0.29, 0.717) is 0 Å². The molecule has 0 unspecified atom stereocenters. The molecule has 0 aromatic carbocycles. The van der Waals surface area contributed by atoms with Crippen molar-refractivity contribution >= 4 is 0 Å². The van der Waals surface area contributed by atoms with Gasteiger partial charge >= 0.3 is 0 Å². The molecule has 60 valence electrons. The molecule has 0 spiro atoms. The summed E-state index contributed by atoms with van der Waals surface area (Å²) in [7, 11) is 0. The van der Waals surface area contributed by atoms with E-state index in [1.54, 1.807) is 24.9 Å². The second-order valence-electron chi connectivity index (χ2n) is 2.49. The highest BCUT2D eigenvalue weighted by atomic mass is 15.1. The predicted molar refractivity (Wildman–Crippen MR) is 43.9 cm³/mol. The average Bonchev–Trinajstić information content (AvgIpc) is 2.58. The standard InChI is InChI=1S/C8H8N4/c1-7-4-11-8(5-10-7)12-3-2-9-6-12/h2-6H,1H3. The summed E-state index contributed by atoms with van der Waals surface area (Å²) >= 11 is 0. The molecule has 0 aliphatic carbocycles. The second kappa shape index (κ2) is 2.73. The lowest BCUT2D eigenvalue weighted by Gasteiger charge is -1.98. The summed E-state index contributed by atoms with van der Waals surface area (Å²) in [4.78, 5) is 12.2. The fraction of sp³-hybridized carbons (Fsp3) is 0.125. The van der Waals surface area contributed by atoms with Crippen molar-refractivity contribution in [2.24, 2.45) is 0 Å². The van der Waals surface area contributed by atoms with Crippen LogP contribution in [0.15, 0.2) is 31.1 Å². The third kappa shape index (κ3) is 1.18. The van der Waals surface area contributed by atoms with E-state index in [0.717, 1.165) is 11.5 Å². The zero-order valence-electron chi connectivity index (χ0n) is 6.68. The molecule has 0 amide bonds. The first kappa shape index (κ1) is 6.97. The fourth-order valence-corrected chi connectivity index (χ4v) is 0.914. The van der Waals surface area contributed by atoms with Gasteiger partial charge in [0.05, 0.1) is 18.1 Å². The first-order valence-corrected chi connectivity index (χ1v) is 3.63. The fourth-order valence-electron chi connectivity index (χ4n) is 0.914. The van der Waals surface area contributed by atoms with Gasteiger partial charge in [0.2, 0.25) is 0 Å². The van der Waals surface area contributed by atoms with Gasteiger partial charge in [-0.3, -0.25) is 9.55 Å². The van der Waals surface area contributed by atoms with Gasteiger partial charge in [0.15, 0.2) is 5.82 Å². The summed E-state index contributed by atoms with van der Waals surface area (Å²) in [6.45, 7) is 1.91. The molecule has 2 heterocycles. The highest BCUT2D eigenvalue weighted by Gasteiger charge is 1.95. The van der Waals surface area contributed by atoms with Crippen molar-refractivity contribution in [3.63, 3.8) is 0 Å². The molecule has 0 fully saturated rings. The van der Waals surface area contributed by atoms with Gasteiger partial charge in [0.1, 0.15) is 6.33 Å². The topological polar surface area (TPSA) is 43.6 Å². The average molecular weight is 160 g/mol. The van der Waals surface area contributed by atoms with E-state index in [2.05, 4.69) is 15.0 Å². The molecule has 0 saturated carbocycles. The number of nitrogens with zero attached hydrogens (tertiary/aromatic N) is 4. The Morgan fingerprint density at radius 3 is 2.75 bits per heavy atom. The summed E-state index contributed by atoms with van der Waals surface area (Å²) in [6.07, 6.45) is 8.69. The van der Waals surface area contributed by atoms with Crippen molar-refractivity contribution in [1.29, 1.82) is 0 Å². The number of rotatable bonds is 1. The Morgan fingerprint density at radius 1 is 1.25 bits per heavy atom. The molecule has 0 bridgehead atoms. The van der Waals surface area contributed by atoms with Crippen LogP contribution in [0.3, 0.4) is 0 Å². The van der Waals surface area contributed by atoms with Crippen molar-refractivity contribution < 1.29 is 0 Å². The van der Waals surface area contributed by atoms with Crippen molar-refractivity contribution in [3.05, 3.63) is 36.8 Å². The van der Waals surface area contributed by atoms with Crippen LogP contribution in [0, 0.1) is 6.92 Å². The largest absolute Gasteiger partial charge is 0.289 e. The SMILES string of the molecule is Cc1cnc(-n2ccnc2)cn1. The van der Waals surface area contributed by atoms with Crippen LogP contribution in [0.25, 0.3) is 5.82 Å². The molecule has 0 radical (unpaired) electrons. The summed E-state index contributed by atoms with van der Waals surface area (Å²) in [6, 6.07) is 0. The molecule has 4 heteroatoms. The van der Waals surface area contributed by atoms with Crippen molar-refractivity contribution in [1.82, 2.24) is 19.5 Å². The van der Waals surface area contributed by atoms with Gasteiger partial charge < -0.3 is 0 Å². The number of hydrogen-bond donors (Lipinski definition) is 0. The molecule has 2 aromatic rings. The van der Waals surface area contributed by atoms with Gasteiger partial charge in [-0.05, 0) is 6.92 Å². The van der Waals surface area contributed by atoms with Gasteiger partial charge in [-0.25, -0.2) is 9.97 Å². The molecule has 0 saturated heterocycles. The van der Waals surface area contributed by atoms with Crippen LogP contribution in [0.4, 0.5) is 0 Å². The monoisotopic (exact) mass is 160 g/mol. The molecular formula is C8H8N4. The lowest BCUT2D eigenvalue weighted by molar-refractivity contribution is 0.956. The Kier molecular flexibility index (Phi) is 1.59. The van der Waals surface area contributed by atoms with Crippen LogP contribution in [0.5, 0.6) is 0 Å². The number of aromatic nitrogens is 4. The maximum atomic E-state index is 4.18. The van der Waals surface area contributed by atoms with E-state index in [-0.39, 0.29) is 0 Å². The zero-order chi connectivity index (χ0) is 8.39. The molecular weight excluding hydrogens is 152 g/mol. The van der Waals surface area contributed by atoms with Crippen LogP contribution in [0.1, 0.15) is 5.69 Å². The van der Waals surface area contributed by atoms with Crippen molar-refractivity contribution in [3.8, 4) is 5.82 Å². The Morgan fingerprint density at radius 2 is 2.17 bits per heavy atom. The summed E-state index contributed by atoms with van der Waals surface area (Å²) in [5.41, 5.74) is 0.916. The molecule has 0 atom stereocenters. The quantitative estimate of drug-likeness (QED) is 0.624. The lowest BCUT2D eigenvalue weighted by atomic mass is 10.5. The molecule has 0 aliphatic heterocycles. The first-order chi connectivity index (χ1) is 5.86. The Bertz CT molecular complexity index is 349. The van der Waals surface area contributed by atoms with Crippen molar-refractivity contribution in [2.75, 3.05) is 0 Å². The molecule has 2 rings (SSSR count). The van der Waals surface area contributed by atoms with E-state index in [1.807, 2.05) is 17.7 Å². The highest BCUT2D eigenvalue weighted by Crippen LogP contribution is 2.00. The maximum absolute atomic E-state index is 4.18. The normalized spacial score (nSPS) is 10.1. The molecule has 0 N–H and O–H groups in total. The number of hydrogen-bond acceptors (Lipinski definition) is 3. The third-order valence-corrected chi connectivity index (χ3v) is 1.54. The predicted octanol–water partition coefficient (Wildman–Crippen LogP) is 0.971. The molecule has 12 heavy (non-hydrogen) atoms. The van der Waals surface area contributed by atoms with E-state index in [1.165, 1.54) is 0 Å². The number of imidazole rings is 1. The van der Waals surface area contributed by atoms with Gasteiger partial charge in [0.25, 0.3) is 0 Å². The summed E-state index contributed by atoms with van der Waals surface area (Å²) in [5, 5.41) is 0. The Balaban J connectivity index is 2.43. The molecule has 4 nitrogen and oxygen atoms in total. The van der Waals surface area contributed by atoms with Crippen LogP contribution in [-0.4, -0.2) is 19.5 Å². The van der Waals surface area contributed by atoms with Gasteiger partial charge in [-0.2, -0.15) is 0 Å². The van der Waals surface area contributed by atoms with Gasteiger partial charge in [0, 0.05) is 12.4 Å². The van der Waals surface area contributed by atoms with E-state index < -0.39 is 0 Å². The van der Waals surface area contributed by atoms with E-state index in [4.69, 9.17) is 0 Å². The molecule has 0 aliphatic rings. The van der Waals surface area contributed by atoms with Crippen LogP contribution < -0.4 is 0 Å². The molecule has 2 aromatic heterocycles. The minimum atomic E-state index is 0.790. The van der Waals surface area contributed by atoms with Crippen LogP contribution in [0.2, 0.25) is 0 Å². The minimum Gasteiger partial charge on any atom is -0.289 e. The van der Waals surface area contributed by atoms with Crippen molar-refractivity contribution in [2.45, 2.75) is 6.92 Å². The highest BCUT2D eigenvalue weighted by molar-refractivity contribution is 5.17. The Labute approximate surface area is 69.9 Å². The first-order valence-electron chi connectivity index (χ1n) is 3.63. The third-order valence-electron chi connectivity index (χ3n) is 1.54. The van der Waals surface area contributed by atoms with Gasteiger partial charge in [-0.1, -0.05) is 0 Å². The maximum Gasteiger partial charge on any atom is 0.156 e. The smallest absolute Gasteiger partial charge is 0.156 e. The second-order valence-corrected chi connectivity index (χ2v) is 2.49.